The van der Waals surface area contributed by atoms with Gasteiger partial charge in [-0.05, 0) is 55.4 Å². The van der Waals surface area contributed by atoms with Gasteiger partial charge in [-0.1, -0.05) is 13.8 Å². The fraction of sp³-hybridized carbons (Fsp3) is 0.387. The monoisotopic (exact) mass is 595 g/mol. The van der Waals surface area contributed by atoms with Crippen LogP contribution < -0.4 is 25.0 Å². The van der Waals surface area contributed by atoms with Crippen LogP contribution in [-0.4, -0.2) is 60.6 Å². The van der Waals surface area contributed by atoms with Crippen molar-refractivity contribution in [3.63, 3.8) is 0 Å². The largest absolute Gasteiger partial charge is 0.470 e. The molecule has 2 N–H and O–H groups in total. The molecule has 0 spiro atoms. The molecule has 6 rings (SSSR count). The van der Waals surface area contributed by atoms with E-state index in [4.69, 9.17) is 9.47 Å². The number of hydrogen-bond donors (Lipinski definition) is 2. The molecule has 1 saturated heterocycles. The van der Waals surface area contributed by atoms with E-state index in [1.165, 1.54) is 12.1 Å². The first kappa shape index (κ1) is 28.8. The molecule has 226 valence electrons. The van der Waals surface area contributed by atoms with Crippen LogP contribution in [0.2, 0.25) is 0 Å². The highest BCUT2D eigenvalue weighted by Gasteiger charge is 2.37. The molecule has 2 atom stereocenters. The summed E-state index contributed by atoms with van der Waals surface area (Å²) in [5.74, 6) is 1.10. The molecule has 1 aromatic heterocycles. The van der Waals surface area contributed by atoms with E-state index in [0.717, 1.165) is 23.7 Å². The van der Waals surface area contributed by atoms with Crippen LogP contribution in [0.25, 0.3) is 0 Å². The van der Waals surface area contributed by atoms with Gasteiger partial charge in [-0.3, -0.25) is 9.59 Å². The van der Waals surface area contributed by atoms with Crippen LogP contribution in [0.3, 0.4) is 0 Å². The van der Waals surface area contributed by atoms with Gasteiger partial charge in [0, 0.05) is 67.1 Å². The first-order valence-corrected chi connectivity index (χ1v) is 14.4. The van der Waals surface area contributed by atoms with Gasteiger partial charge in [0.15, 0.2) is 6.23 Å². The molecule has 3 aromatic rings. The highest BCUT2D eigenvalue weighted by Crippen LogP contribution is 2.42. The number of hydrogen-bond acceptors (Lipinski definition) is 7. The summed E-state index contributed by atoms with van der Waals surface area (Å²) < 4.78 is 54.5. The lowest BCUT2D eigenvalue weighted by atomic mass is 10.0. The van der Waals surface area contributed by atoms with Crippen LogP contribution in [0.1, 0.15) is 53.2 Å². The third kappa shape index (κ3) is 5.83. The summed E-state index contributed by atoms with van der Waals surface area (Å²) in [4.78, 5) is 33.0. The number of likely N-dealkylation sites (N-methyl/N-ethyl adjacent to an activating group) is 1. The first-order chi connectivity index (χ1) is 20.6. The van der Waals surface area contributed by atoms with Gasteiger partial charge in [-0.2, -0.15) is 13.2 Å². The zero-order chi connectivity index (χ0) is 30.3. The number of nitrogens with zero attached hydrogens (tertiary/aromatic N) is 3. The second-order valence-corrected chi connectivity index (χ2v) is 10.9. The van der Waals surface area contributed by atoms with Gasteiger partial charge in [0.25, 0.3) is 5.91 Å². The van der Waals surface area contributed by atoms with E-state index in [0.29, 0.717) is 62.1 Å². The number of alkyl halides is 3. The fourth-order valence-corrected chi connectivity index (χ4v) is 5.79. The van der Waals surface area contributed by atoms with E-state index in [1.807, 2.05) is 19.9 Å². The third-order valence-electron chi connectivity index (χ3n) is 8.28. The molecule has 3 aliphatic heterocycles. The number of fused-ring (bicyclic) bond motifs is 2. The van der Waals surface area contributed by atoms with Gasteiger partial charge in [0.1, 0.15) is 23.1 Å². The van der Waals surface area contributed by atoms with Crippen LogP contribution in [-0.2, 0) is 17.4 Å². The van der Waals surface area contributed by atoms with Crippen molar-refractivity contribution in [2.75, 3.05) is 42.9 Å². The number of ether oxygens (including phenoxy) is 2. The summed E-state index contributed by atoms with van der Waals surface area (Å²) in [5, 5.41) is 5.51. The Hall–Kier alpha value is -4.32. The van der Waals surface area contributed by atoms with Crippen molar-refractivity contribution in [1.82, 2.24) is 15.2 Å². The molecule has 1 fully saturated rings. The van der Waals surface area contributed by atoms with E-state index in [2.05, 4.69) is 20.5 Å². The average molecular weight is 596 g/mol. The Morgan fingerprint density at radius 2 is 1.91 bits per heavy atom. The lowest BCUT2D eigenvalue weighted by Gasteiger charge is -2.36. The highest BCUT2D eigenvalue weighted by molar-refractivity contribution is 5.95. The quantitative estimate of drug-likeness (QED) is 0.406. The maximum atomic E-state index is 14.1. The van der Waals surface area contributed by atoms with Gasteiger partial charge in [-0.25, -0.2) is 4.98 Å². The summed E-state index contributed by atoms with van der Waals surface area (Å²) in [5.41, 5.74) is 0.770. The van der Waals surface area contributed by atoms with E-state index in [1.54, 1.807) is 29.3 Å². The number of rotatable bonds is 6. The molecule has 12 heteroatoms. The predicted molar refractivity (Wildman–Crippen MR) is 154 cm³/mol. The average Bonchev–Trinajstić information content (AvgIpc) is 3.30. The number of carbonyl (C=O) groups excluding carboxylic acids is 2. The van der Waals surface area contributed by atoms with Crippen molar-refractivity contribution < 1.29 is 32.2 Å². The number of benzene rings is 2. The molecule has 2 aromatic carbocycles. The van der Waals surface area contributed by atoms with Gasteiger partial charge >= 0.3 is 6.18 Å². The molecule has 0 saturated carbocycles. The van der Waals surface area contributed by atoms with Crippen LogP contribution in [0, 0.1) is 0 Å². The number of pyridine rings is 1. The standard InChI is InChI=1S/C31H32F3N5O4/c1-3-38-12-14-39(15-13-38)24-7-4-19(16-23(24)31(32,33)34)29(41)37-30-18(2)22-17-20(5-8-25(22)43-30)42-26-10-11-35-28-21(26)6-9-27(40)36-28/h4-5,7-8,10-11,16-18,30H,3,6,9,12-15H2,1-2H3,(H,37,41)(H,35,36,40)/t18-,30+/m0/s1. The maximum Gasteiger partial charge on any atom is 0.418 e. The highest BCUT2D eigenvalue weighted by atomic mass is 19.4. The van der Waals surface area contributed by atoms with Crippen molar-refractivity contribution in [2.24, 2.45) is 0 Å². The maximum absolute atomic E-state index is 14.1. The van der Waals surface area contributed by atoms with Crippen LogP contribution in [0.15, 0.2) is 48.7 Å². The molecule has 43 heavy (non-hydrogen) atoms. The number of aromatic nitrogens is 1. The van der Waals surface area contributed by atoms with Gasteiger partial charge in [0.2, 0.25) is 5.91 Å². The first-order valence-electron chi connectivity index (χ1n) is 14.4. The van der Waals surface area contributed by atoms with Gasteiger partial charge in [0.05, 0.1) is 5.56 Å². The Morgan fingerprint density at radius 1 is 1.12 bits per heavy atom. The third-order valence-corrected chi connectivity index (χ3v) is 8.28. The predicted octanol–water partition coefficient (Wildman–Crippen LogP) is 5.17. The summed E-state index contributed by atoms with van der Waals surface area (Å²) in [6.07, 6.45) is -2.98. The summed E-state index contributed by atoms with van der Waals surface area (Å²) >= 11 is 0. The van der Waals surface area contributed by atoms with Crippen molar-refractivity contribution in [2.45, 2.75) is 45.0 Å². The molecule has 3 aliphatic rings. The molecular weight excluding hydrogens is 563 g/mol. The molecule has 0 unspecified atom stereocenters. The Balaban J connectivity index is 1.16. The number of carbonyl (C=O) groups is 2. The van der Waals surface area contributed by atoms with Crippen molar-refractivity contribution in [1.29, 1.82) is 0 Å². The summed E-state index contributed by atoms with van der Waals surface area (Å²) in [6.45, 7) is 7.09. The second kappa shape index (κ2) is 11.4. The minimum Gasteiger partial charge on any atom is -0.470 e. The topological polar surface area (TPSA) is 96.0 Å². The molecule has 0 bridgehead atoms. The molecular formula is C31H32F3N5O4. The molecule has 0 radical (unpaired) electrons. The summed E-state index contributed by atoms with van der Waals surface area (Å²) in [7, 11) is 0. The van der Waals surface area contributed by atoms with Crippen molar-refractivity contribution in [3.8, 4) is 17.2 Å². The SMILES string of the molecule is CCN1CCN(c2ccc(C(=O)N[C@@H]3Oc4ccc(Oc5ccnc6c5CCC(=O)N6)cc4[C@@H]3C)cc2C(F)(F)F)CC1. The summed E-state index contributed by atoms with van der Waals surface area (Å²) in [6, 6.07) is 10.8. The Kier molecular flexibility index (Phi) is 7.63. The minimum atomic E-state index is -4.61. The van der Waals surface area contributed by atoms with Crippen molar-refractivity contribution >= 4 is 23.3 Å². The zero-order valence-electron chi connectivity index (χ0n) is 23.8. The minimum absolute atomic E-state index is 0.0862. The van der Waals surface area contributed by atoms with E-state index in [9.17, 15) is 22.8 Å². The normalized spacial score (nSPS) is 20.1. The number of anilines is 2. The van der Waals surface area contributed by atoms with E-state index >= 15 is 0 Å². The molecule has 9 nitrogen and oxygen atoms in total. The lowest BCUT2D eigenvalue weighted by Crippen LogP contribution is -2.46. The number of halogens is 3. The zero-order valence-corrected chi connectivity index (χ0v) is 23.8. The Bertz CT molecular complexity index is 1550. The number of piperazine rings is 1. The smallest absolute Gasteiger partial charge is 0.418 e. The van der Waals surface area contributed by atoms with Crippen LogP contribution in [0.5, 0.6) is 17.2 Å². The van der Waals surface area contributed by atoms with E-state index < -0.39 is 23.9 Å². The van der Waals surface area contributed by atoms with Crippen molar-refractivity contribution in [3.05, 3.63) is 70.9 Å². The molecule has 2 amide bonds. The van der Waals surface area contributed by atoms with E-state index in [-0.39, 0.29) is 23.1 Å². The Morgan fingerprint density at radius 3 is 2.65 bits per heavy atom. The molecule has 0 aliphatic carbocycles. The fourth-order valence-electron chi connectivity index (χ4n) is 5.79. The lowest BCUT2D eigenvalue weighted by molar-refractivity contribution is -0.137. The number of nitrogens with one attached hydrogen (secondary N) is 2. The van der Waals surface area contributed by atoms with Gasteiger partial charge in [-0.15, -0.1) is 0 Å². The second-order valence-electron chi connectivity index (χ2n) is 10.9. The molecule has 4 heterocycles. The number of amides is 2. The Labute approximate surface area is 247 Å². The van der Waals surface area contributed by atoms with Crippen LogP contribution >= 0.6 is 0 Å². The van der Waals surface area contributed by atoms with Crippen LogP contribution in [0.4, 0.5) is 24.7 Å². The van der Waals surface area contributed by atoms with Gasteiger partial charge < -0.3 is 29.9 Å².